The molecule has 0 aromatic carbocycles. The molecule has 102 valence electrons. The number of carbonyl (C=O) groups excluding carboxylic acids is 1. The molecule has 0 N–H and O–H groups in total. The first kappa shape index (κ1) is 15.0. The number of carbonyl (C=O) groups is 1. The van der Waals surface area contributed by atoms with Crippen molar-refractivity contribution in [3.63, 3.8) is 0 Å². The summed E-state index contributed by atoms with van der Waals surface area (Å²) in [4.78, 5) is 13.8. The van der Waals surface area contributed by atoms with Gasteiger partial charge in [0.2, 0.25) is 5.91 Å². The van der Waals surface area contributed by atoms with Gasteiger partial charge in [-0.3, -0.25) is 4.79 Å². The average Bonchev–Trinajstić information content (AvgIpc) is 2.37. The van der Waals surface area contributed by atoms with E-state index in [1.807, 2.05) is 20.9 Å². The van der Waals surface area contributed by atoms with Gasteiger partial charge in [0.05, 0.1) is 6.07 Å². The first-order valence-electron chi connectivity index (χ1n) is 7.20. The third-order valence-corrected chi connectivity index (χ3v) is 4.05. The molecule has 1 saturated carbocycles. The highest BCUT2D eigenvalue weighted by Gasteiger charge is 2.25. The minimum atomic E-state index is -0.485. The summed E-state index contributed by atoms with van der Waals surface area (Å²) < 4.78 is 0. The Bertz CT molecular complexity index is 300. The molecule has 1 aliphatic rings. The maximum Gasteiger partial charge on any atom is 0.239 e. The molecule has 0 spiro atoms. The molecule has 3 nitrogen and oxygen atoms in total. The van der Waals surface area contributed by atoms with Crippen molar-refractivity contribution in [1.82, 2.24) is 4.90 Å². The molecular formula is C15H26N2O. The molecule has 1 rings (SSSR count). The van der Waals surface area contributed by atoms with Gasteiger partial charge in [-0.2, -0.15) is 5.26 Å². The topological polar surface area (TPSA) is 44.1 Å². The van der Waals surface area contributed by atoms with E-state index in [0.29, 0.717) is 0 Å². The van der Waals surface area contributed by atoms with Gasteiger partial charge in [0.1, 0.15) is 5.92 Å². The van der Waals surface area contributed by atoms with E-state index in [2.05, 4.69) is 6.07 Å². The zero-order valence-electron chi connectivity index (χ0n) is 12.0. The molecule has 0 bridgehead atoms. The molecule has 1 aliphatic carbocycles. The molecule has 0 aromatic heterocycles. The Kier molecular flexibility index (Phi) is 6.18. The van der Waals surface area contributed by atoms with E-state index < -0.39 is 5.92 Å². The van der Waals surface area contributed by atoms with Gasteiger partial charge in [0.15, 0.2) is 0 Å². The molecule has 3 heteroatoms. The second-order valence-electron chi connectivity index (χ2n) is 5.90. The van der Waals surface area contributed by atoms with Crippen molar-refractivity contribution in [2.75, 3.05) is 13.6 Å². The lowest BCUT2D eigenvalue weighted by Gasteiger charge is -2.26. The first-order valence-corrected chi connectivity index (χ1v) is 7.20. The highest BCUT2D eigenvalue weighted by atomic mass is 16.2. The molecule has 18 heavy (non-hydrogen) atoms. The summed E-state index contributed by atoms with van der Waals surface area (Å²) in [6, 6.07) is 2.13. The molecule has 1 unspecified atom stereocenters. The van der Waals surface area contributed by atoms with Crippen molar-refractivity contribution in [3.05, 3.63) is 0 Å². The summed E-state index contributed by atoms with van der Waals surface area (Å²) in [6.45, 7) is 4.66. The number of nitriles is 1. The minimum Gasteiger partial charge on any atom is -0.345 e. The van der Waals surface area contributed by atoms with Crippen LogP contribution in [0.4, 0.5) is 0 Å². The van der Waals surface area contributed by atoms with Gasteiger partial charge in [-0.1, -0.05) is 46.0 Å². The Labute approximate surface area is 111 Å². The van der Waals surface area contributed by atoms with Crippen LogP contribution in [-0.4, -0.2) is 24.4 Å². The Hall–Kier alpha value is -1.04. The van der Waals surface area contributed by atoms with Gasteiger partial charge in [-0.15, -0.1) is 0 Å². The second kappa shape index (κ2) is 7.41. The normalized spacial score (nSPS) is 18.4. The van der Waals surface area contributed by atoms with E-state index in [9.17, 15) is 4.79 Å². The summed E-state index contributed by atoms with van der Waals surface area (Å²) in [5.41, 5.74) is 0. The van der Waals surface area contributed by atoms with Gasteiger partial charge in [0, 0.05) is 13.6 Å². The lowest BCUT2D eigenvalue weighted by atomic mass is 9.87. The van der Waals surface area contributed by atoms with Crippen LogP contribution in [0.15, 0.2) is 0 Å². The molecule has 0 radical (unpaired) electrons. The molecule has 0 aromatic rings. The SMILES string of the molecule is CC(C)C(C#N)C(=O)N(C)CCC1CCCCC1. The van der Waals surface area contributed by atoms with E-state index >= 15 is 0 Å². The van der Waals surface area contributed by atoms with E-state index in [-0.39, 0.29) is 11.8 Å². The molecular weight excluding hydrogens is 224 g/mol. The summed E-state index contributed by atoms with van der Waals surface area (Å²) in [5, 5.41) is 9.04. The predicted molar refractivity (Wildman–Crippen MR) is 72.8 cm³/mol. The standard InChI is InChI=1S/C15H26N2O/c1-12(2)14(11-16)15(18)17(3)10-9-13-7-5-4-6-8-13/h12-14H,4-10H2,1-3H3. The monoisotopic (exact) mass is 250 g/mol. The van der Waals surface area contributed by atoms with Crippen LogP contribution in [0.2, 0.25) is 0 Å². The summed E-state index contributed by atoms with van der Waals surface area (Å²) >= 11 is 0. The number of hydrogen-bond donors (Lipinski definition) is 0. The van der Waals surface area contributed by atoms with Gasteiger partial charge in [0.25, 0.3) is 0 Å². The molecule has 0 saturated heterocycles. The van der Waals surface area contributed by atoms with Crippen LogP contribution in [-0.2, 0) is 4.79 Å². The zero-order valence-corrected chi connectivity index (χ0v) is 12.0. The first-order chi connectivity index (χ1) is 8.56. The van der Waals surface area contributed by atoms with Crippen LogP contribution in [0, 0.1) is 29.1 Å². The average molecular weight is 250 g/mol. The Morgan fingerprint density at radius 1 is 1.33 bits per heavy atom. The lowest BCUT2D eigenvalue weighted by Crippen LogP contribution is -2.36. The van der Waals surface area contributed by atoms with Gasteiger partial charge in [-0.25, -0.2) is 0 Å². The summed E-state index contributed by atoms with van der Waals surface area (Å²) in [6.07, 6.45) is 7.78. The zero-order chi connectivity index (χ0) is 13.5. The van der Waals surface area contributed by atoms with Crippen LogP contribution in [0.25, 0.3) is 0 Å². The molecule has 1 fully saturated rings. The predicted octanol–water partition coefficient (Wildman–Crippen LogP) is 3.21. The Morgan fingerprint density at radius 2 is 1.94 bits per heavy atom. The number of nitrogens with zero attached hydrogens (tertiary/aromatic N) is 2. The van der Waals surface area contributed by atoms with Crippen LogP contribution in [0.3, 0.4) is 0 Å². The number of hydrogen-bond acceptors (Lipinski definition) is 2. The summed E-state index contributed by atoms with van der Waals surface area (Å²) in [5.74, 6) is 0.387. The van der Waals surface area contributed by atoms with E-state index in [1.54, 1.807) is 4.90 Å². The number of amides is 1. The number of rotatable bonds is 5. The molecule has 1 amide bonds. The third kappa shape index (κ3) is 4.33. The quantitative estimate of drug-likeness (QED) is 0.752. The summed E-state index contributed by atoms with van der Waals surface area (Å²) in [7, 11) is 1.83. The van der Waals surface area contributed by atoms with Gasteiger partial charge < -0.3 is 4.90 Å². The van der Waals surface area contributed by atoms with Crippen molar-refractivity contribution in [2.45, 2.75) is 52.4 Å². The molecule has 0 heterocycles. The van der Waals surface area contributed by atoms with Crippen LogP contribution in [0.5, 0.6) is 0 Å². The largest absolute Gasteiger partial charge is 0.345 e. The fourth-order valence-corrected chi connectivity index (χ4v) is 2.69. The maximum absolute atomic E-state index is 12.1. The van der Waals surface area contributed by atoms with E-state index in [4.69, 9.17) is 5.26 Å². The van der Waals surface area contributed by atoms with E-state index in [1.165, 1.54) is 32.1 Å². The fourth-order valence-electron chi connectivity index (χ4n) is 2.69. The third-order valence-electron chi connectivity index (χ3n) is 4.05. The van der Waals surface area contributed by atoms with Gasteiger partial charge >= 0.3 is 0 Å². The van der Waals surface area contributed by atoms with E-state index in [0.717, 1.165) is 18.9 Å². The Morgan fingerprint density at radius 3 is 2.44 bits per heavy atom. The van der Waals surface area contributed by atoms with Crippen molar-refractivity contribution < 1.29 is 4.79 Å². The van der Waals surface area contributed by atoms with Crippen molar-refractivity contribution in [3.8, 4) is 6.07 Å². The minimum absolute atomic E-state index is 0.0108. The fraction of sp³-hybridized carbons (Fsp3) is 0.867. The van der Waals surface area contributed by atoms with Crippen LogP contribution < -0.4 is 0 Å². The van der Waals surface area contributed by atoms with Crippen molar-refractivity contribution in [1.29, 1.82) is 5.26 Å². The molecule has 1 atom stereocenters. The Balaban J connectivity index is 2.37. The smallest absolute Gasteiger partial charge is 0.239 e. The molecule has 0 aliphatic heterocycles. The van der Waals surface area contributed by atoms with Gasteiger partial charge in [-0.05, 0) is 18.3 Å². The lowest BCUT2D eigenvalue weighted by molar-refractivity contribution is -0.133. The van der Waals surface area contributed by atoms with Crippen molar-refractivity contribution >= 4 is 5.91 Å². The maximum atomic E-state index is 12.1. The highest BCUT2D eigenvalue weighted by Crippen LogP contribution is 2.26. The van der Waals surface area contributed by atoms with Crippen LogP contribution >= 0.6 is 0 Å². The van der Waals surface area contributed by atoms with Crippen LogP contribution in [0.1, 0.15) is 52.4 Å². The highest BCUT2D eigenvalue weighted by molar-refractivity contribution is 5.81. The second-order valence-corrected chi connectivity index (χ2v) is 5.90. The van der Waals surface area contributed by atoms with Crippen molar-refractivity contribution in [2.24, 2.45) is 17.8 Å².